The molecule has 0 spiro atoms. The number of hydrogen-bond donors (Lipinski definition) is 0. The minimum absolute atomic E-state index is 0.256. The zero-order chi connectivity index (χ0) is 15.6. The Morgan fingerprint density at radius 1 is 0.667 bits per heavy atom. The van der Waals surface area contributed by atoms with Gasteiger partial charge in [0.2, 0.25) is 0 Å². The van der Waals surface area contributed by atoms with Crippen molar-refractivity contribution in [2.75, 3.05) is 0 Å². The highest BCUT2D eigenvalue weighted by molar-refractivity contribution is 9.10. The molecule has 0 aliphatic rings. The maximum absolute atomic E-state index is 13.5. The number of ether oxygens (including phenoxy) is 1. The van der Waals surface area contributed by atoms with Gasteiger partial charge in [-0.3, -0.25) is 0 Å². The van der Waals surface area contributed by atoms with Crippen LogP contribution in [0.4, 0.5) is 17.6 Å². The van der Waals surface area contributed by atoms with Gasteiger partial charge in [0.1, 0.15) is 23.3 Å². The largest absolute Gasteiger partial charge is 0.372 e. The van der Waals surface area contributed by atoms with E-state index in [1.165, 1.54) is 0 Å². The quantitative estimate of drug-likeness (QED) is 0.586. The summed E-state index contributed by atoms with van der Waals surface area (Å²) >= 11 is 5.91. The molecule has 21 heavy (non-hydrogen) atoms. The van der Waals surface area contributed by atoms with Crippen LogP contribution in [0, 0.1) is 23.3 Å². The zero-order valence-corrected chi connectivity index (χ0v) is 13.6. The van der Waals surface area contributed by atoms with E-state index in [0.717, 1.165) is 24.3 Å². The second-order valence-electron chi connectivity index (χ2n) is 4.19. The summed E-state index contributed by atoms with van der Waals surface area (Å²) in [5.74, 6) is -3.17. The fourth-order valence-electron chi connectivity index (χ4n) is 1.68. The van der Waals surface area contributed by atoms with Crippen LogP contribution in [0.15, 0.2) is 33.2 Å². The van der Waals surface area contributed by atoms with Crippen molar-refractivity contribution in [1.29, 1.82) is 0 Å². The molecular formula is C14H8Br2F4O. The highest BCUT2D eigenvalue weighted by Crippen LogP contribution is 2.23. The molecule has 0 fully saturated rings. The maximum atomic E-state index is 13.5. The van der Waals surface area contributed by atoms with Crippen LogP contribution in [0.5, 0.6) is 0 Å². The van der Waals surface area contributed by atoms with Crippen LogP contribution in [0.3, 0.4) is 0 Å². The molecule has 0 atom stereocenters. The second kappa shape index (κ2) is 6.89. The minimum atomic E-state index is -0.793. The van der Waals surface area contributed by atoms with Gasteiger partial charge in [-0.1, -0.05) is 31.9 Å². The van der Waals surface area contributed by atoms with Crippen molar-refractivity contribution in [3.05, 3.63) is 67.6 Å². The Bertz CT molecular complexity index is 573. The Morgan fingerprint density at radius 3 is 1.24 bits per heavy atom. The first-order chi connectivity index (χ1) is 9.88. The first-order valence-corrected chi connectivity index (χ1v) is 7.31. The predicted octanol–water partition coefficient (Wildman–Crippen LogP) is 5.48. The number of hydrogen-bond acceptors (Lipinski definition) is 1. The van der Waals surface area contributed by atoms with Crippen molar-refractivity contribution < 1.29 is 22.3 Å². The van der Waals surface area contributed by atoms with Gasteiger partial charge in [0.25, 0.3) is 0 Å². The maximum Gasteiger partial charge on any atom is 0.132 e. The summed E-state index contributed by atoms with van der Waals surface area (Å²) in [7, 11) is 0. The van der Waals surface area contributed by atoms with Crippen molar-refractivity contribution in [3.63, 3.8) is 0 Å². The van der Waals surface area contributed by atoms with Gasteiger partial charge in [-0.2, -0.15) is 0 Å². The molecule has 0 aliphatic heterocycles. The average Bonchev–Trinajstić information content (AvgIpc) is 2.34. The van der Waals surface area contributed by atoms with Crippen LogP contribution in [0.2, 0.25) is 0 Å². The van der Waals surface area contributed by atoms with Crippen molar-refractivity contribution in [2.45, 2.75) is 13.2 Å². The summed E-state index contributed by atoms with van der Waals surface area (Å²) in [6.07, 6.45) is 0. The van der Waals surface area contributed by atoms with E-state index in [1.807, 2.05) is 0 Å². The smallest absolute Gasteiger partial charge is 0.132 e. The van der Waals surface area contributed by atoms with Crippen molar-refractivity contribution in [1.82, 2.24) is 0 Å². The molecule has 0 aromatic heterocycles. The van der Waals surface area contributed by atoms with E-state index in [2.05, 4.69) is 31.9 Å². The lowest BCUT2D eigenvalue weighted by molar-refractivity contribution is 0.0975. The molecule has 0 saturated carbocycles. The Labute approximate surface area is 135 Å². The lowest BCUT2D eigenvalue weighted by Gasteiger charge is -2.09. The van der Waals surface area contributed by atoms with E-state index >= 15 is 0 Å². The molecule has 0 radical (unpaired) electrons. The molecule has 0 saturated heterocycles. The zero-order valence-electron chi connectivity index (χ0n) is 10.4. The number of halogens is 6. The third-order valence-electron chi connectivity index (χ3n) is 2.70. The molecule has 2 rings (SSSR count). The van der Waals surface area contributed by atoms with Gasteiger partial charge in [-0.05, 0) is 24.3 Å². The van der Waals surface area contributed by atoms with Crippen molar-refractivity contribution >= 4 is 31.9 Å². The molecule has 0 N–H and O–H groups in total. The fourth-order valence-corrected chi connectivity index (χ4v) is 2.48. The van der Waals surface area contributed by atoms with Crippen molar-refractivity contribution in [2.24, 2.45) is 0 Å². The first-order valence-electron chi connectivity index (χ1n) is 5.73. The van der Waals surface area contributed by atoms with Gasteiger partial charge in [0.05, 0.1) is 13.2 Å². The molecule has 0 aliphatic carbocycles. The van der Waals surface area contributed by atoms with Gasteiger partial charge in [0.15, 0.2) is 0 Å². The predicted molar refractivity (Wildman–Crippen MR) is 76.6 cm³/mol. The molecule has 0 bridgehead atoms. The molecule has 1 nitrogen and oxygen atoms in total. The SMILES string of the molecule is Fc1cc(Br)cc(F)c1COCc1c(F)cc(Br)cc1F. The summed E-state index contributed by atoms with van der Waals surface area (Å²) in [6, 6.07) is 4.34. The van der Waals surface area contributed by atoms with Gasteiger partial charge < -0.3 is 4.74 Å². The molecular weight excluding hydrogens is 420 g/mol. The van der Waals surface area contributed by atoms with Gasteiger partial charge in [-0.25, -0.2) is 17.6 Å². The van der Waals surface area contributed by atoms with E-state index in [9.17, 15) is 17.6 Å². The Morgan fingerprint density at radius 2 is 0.952 bits per heavy atom. The Kier molecular flexibility index (Phi) is 5.40. The van der Waals surface area contributed by atoms with Crippen LogP contribution in [-0.2, 0) is 18.0 Å². The van der Waals surface area contributed by atoms with E-state index in [1.54, 1.807) is 0 Å². The Balaban J connectivity index is 2.09. The number of benzene rings is 2. The lowest BCUT2D eigenvalue weighted by atomic mass is 10.2. The molecule has 7 heteroatoms. The van der Waals surface area contributed by atoms with Crippen LogP contribution in [-0.4, -0.2) is 0 Å². The van der Waals surface area contributed by atoms with Crippen LogP contribution >= 0.6 is 31.9 Å². The topological polar surface area (TPSA) is 9.23 Å². The van der Waals surface area contributed by atoms with Gasteiger partial charge in [0, 0.05) is 20.1 Å². The monoisotopic (exact) mass is 426 g/mol. The third kappa shape index (κ3) is 4.05. The summed E-state index contributed by atoms with van der Waals surface area (Å²) < 4.78 is 59.7. The molecule has 0 heterocycles. The van der Waals surface area contributed by atoms with E-state index in [4.69, 9.17) is 4.74 Å². The van der Waals surface area contributed by atoms with E-state index < -0.39 is 36.5 Å². The molecule has 0 unspecified atom stereocenters. The standard InChI is InChI=1S/C14H8Br2F4O/c15-7-1-11(17)9(12(18)2-7)5-21-6-10-13(19)3-8(16)4-14(10)20/h1-4H,5-6H2. The highest BCUT2D eigenvalue weighted by Gasteiger charge is 2.14. The average molecular weight is 428 g/mol. The van der Waals surface area contributed by atoms with Crippen molar-refractivity contribution in [3.8, 4) is 0 Å². The fraction of sp³-hybridized carbons (Fsp3) is 0.143. The molecule has 2 aromatic carbocycles. The number of rotatable bonds is 4. The molecule has 112 valence electrons. The van der Waals surface area contributed by atoms with E-state index in [-0.39, 0.29) is 20.1 Å². The second-order valence-corrected chi connectivity index (χ2v) is 6.02. The highest BCUT2D eigenvalue weighted by atomic mass is 79.9. The van der Waals surface area contributed by atoms with Crippen LogP contribution < -0.4 is 0 Å². The van der Waals surface area contributed by atoms with Crippen LogP contribution in [0.1, 0.15) is 11.1 Å². The lowest BCUT2D eigenvalue weighted by Crippen LogP contribution is -2.03. The summed E-state index contributed by atoms with van der Waals surface area (Å²) in [5, 5.41) is 0. The minimum Gasteiger partial charge on any atom is -0.372 e. The van der Waals surface area contributed by atoms with Gasteiger partial charge >= 0.3 is 0 Å². The molecule has 2 aromatic rings. The van der Waals surface area contributed by atoms with Crippen LogP contribution in [0.25, 0.3) is 0 Å². The summed E-state index contributed by atoms with van der Waals surface area (Å²) in [6.45, 7) is -0.861. The normalized spacial score (nSPS) is 11.0. The third-order valence-corrected chi connectivity index (χ3v) is 3.62. The first kappa shape index (κ1) is 16.5. The molecule has 0 amide bonds. The Hall–Kier alpha value is -0.920. The summed E-state index contributed by atoms with van der Waals surface area (Å²) in [4.78, 5) is 0. The van der Waals surface area contributed by atoms with E-state index in [0.29, 0.717) is 0 Å². The van der Waals surface area contributed by atoms with Gasteiger partial charge in [-0.15, -0.1) is 0 Å². The summed E-state index contributed by atoms with van der Waals surface area (Å²) in [5.41, 5.74) is -0.591.